The Hall–Kier alpha value is -3.88. The predicted octanol–water partition coefficient (Wildman–Crippen LogP) is 5.66. The molecule has 1 N–H and O–H groups in total. The molecule has 3 heterocycles. The molecule has 1 aliphatic rings. The first-order valence-electron chi connectivity index (χ1n) is 12.3. The number of aryl methyl sites for hydroxylation is 1. The van der Waals surface area contributed by atoms with Gasteiger partial charge in [0.15, 0.2) is 0 Å². The largest absolute Gasteiger partial charge is 0.348 e. The third-order valence-electron chi connectivity index (χ3n) is 7.05. The summed E-state index contributed by atoms with van der Waals surface area (Å²) < 4.78 is 8.42. The quantitative estimate of drug-likeness (QED) is 0.273. The van der Waals surface area contributed by atoms with Crippen LogP contribution in [0.1, 0.15) is 47.5 Å². The van der Waals surface area contributed by atoms with Crippen LogP contribution in [0.25, 0.3) is 22.2 Å². The summed E-state index contributed by atoms with van der Waals surface area (Å²) in [5, 5.41) is 10.6. The van der Waals surface area contributed by atoms with Gasteiger partial charge >= 0.3 is 0 Å². The average molecular weight is 510 g/mol. The monoisotopic (exact) mass is 509 g/mol. The molecule has 0 spiro atoms. The van der Waals surface area contributed by atoms with Crippen LogP contribution >= 0.6 is 11.3 Å². The molecular formula is C29H27N5O2S. The number of hydrogen-bond acceptors (Lipinski definition) is 6. The number of thiazole rings is 1. The fourth-order valence-electron chi connectivity index (χ4n) is 4.89. The van der Waals surface area contributed by atoms with Gasteiger partial charge in [0.25, 0.3) is 5.91 Å². The number of rotatable bonds is 8. The Labute approximate surface area is 219 Å². The maximum Gasteiger partial charge on any atom is 0.253 e. The number of para-hydroxylation sites is 1. The smallest absolute Gasteiger partial charge is 0.253 e. The van der Waals surface area contributed by atoms with Crippen molar-refractivity contribution in [3.8, 4) is 11.3 Å². The number of aromatic nitrogens is 4. The predicted molar refractivity (Wildman–Crippen MR) is 144 cm³/mol. The summed E-state index contributed by atoms with van der Waals surface area (Å²) in [6.45, 7) is 1.98. The zero-order chi connectivity index (χ0) is 25.4. The molecule has 5 aromatic rings. The van der Waals surface area contributed by atoms with Crippen molar-refractivity contribution in [2.45, 2.75) is 37.5 Å². The van der Waals surface area contributed by atoms with Crippen LogP contribution in [0, 0.1) is 0 Å². The van der Waals surface area contributed by atoms with Crippen molar-refractivity contribution < 1.29 is 9.53 Å². The number of benzene rings is 2. The molecule has 2 aromatic carbocycles. The molecular weight excluding hydrogens is 482 g/mol. The van der Waals surface area contributed by atoms with Crippen LogP contribution in [-0.4, -0.2) is 31.9 Å². The summed E-state index contributed by atoms with van der Waals surface area (Å²) in [4.78, 5) is 22.7. The van der Waals surface area contributed by atoms with E-state index >= 15 is 0 Å². The molecule has 0 aliphatic heterocycles. The van der Waals surface area contributed by atoms with E-state index in [-0.39, 0.29) is 12.0 Å². The van der Waals surface area contributed by atoms with Gasteiger partial charge in [-0.05, 0) is 49.6 Å². The summed E-state index contributed by atoms with van der Waals surface area (Å²) in [7, 11) is 1.90. The van der Waals surface area contributed by atoms with Crippen LogP contribution in [0.3, 0.4) is 0 Å². The van der Waals surface area contributed by atoms with E-state index in [1.165, 1.54) is 11.3 Å². The number of ether oxygens (including phenoxy) is 1. The topological polar surface area (TPSA) is 81.9 Å². The summed E-state index contributed by atoms with van der Waals surface area (Å²) in [5.74, 6) is -0.159. The summed E-state index contributed by atoms with van der Waals surface area (Å²) in [6, 6.07) is 19.6. The van der Waals surface area contributed by atoms with Gasteiger partial charge in [-0.2, -0.15) is 5.10 Å². The lowest BCUT2D eigenvalue weighted by atomic mass is 9.89. The number of fused-ring (bicyclic) bond motifs is 1. The van der Waals surface area contributed by atoms with E-state index in [1.54, 1.807) is 10.2 Å². The Balaban J connectivity index is 1.44. The third kappa shape index (κ3) is 4.54. The number of hydrogen-bond donors (Lipinski definition) is 1. The minimum absolute atomic E-state index is 0.159. The molecule has 1 aliphatic carbocycles. The Morgan fingerprint density at radius 3 is 2.62 bits per heavy atom. The standard InChI is InChI=1S/C29H27N5O2S/c1-19(26-17-37-18-30-26)36-28(33-27(35)20-8-4-3-5-9-20)29(12-13-29)23-14-25(21-15-31-34(2)16-21)32-24-11-7-6-10-22(23)24/h3-11,14-19,28H,12-13H2,1-2H3,(H,33,35). The fourth-order valence-corrected chi connectivity index (χ4v) is 5.52. The number of carbonyl (C=O) groups excluding carboxylic acids is 1. The van der Waals surface area contributed by atoms with Gasteiger partial charge in [0.05, 0.1) is 28.6 Å². The number of nitrogens with zero attached hydrogens (tertiary/aromatic N) is 4. The maximum atomic E-state index is 13.4. The molecule has 3 aromatic heterocycles. The van der Waals surface area contributed by atoms with Crippen LogP contribution in [0.5, 0.6) is 0 Å². The zero-order valence-corrected chi connectivity index (χ0v) is 21.5. The lowest BCUT2D eigenvalue weighted by Crippen LogP contribution is -2.46. The molecule has 2 unspecified atom stereocenters. The summed E-state index contributed by atoms with van der Waals surface area (Å²) in [5.41, 5.74) is 6.70. The molecule has 8 heteroatoms. The molecule has 0 saturated heterocycles. The normalized spacial score (nSPS) is 15.8. The Morgan fingerprint density at radius 1 is 1.14 bits per heavy atom. The van der Waals surface area contributed by atoms with Crippen LogP contribution in [0.4, 0.5) is 0 Å². The second kappa shape index (κ2) is 9.53. The molecule has 186 valence electrons. The van der Waals surface area contributed by atoms with Crippen LogP contribution in [0.15, 0.2) is 83.9 Å². The lowest BCUT2D eigenvalue weighted by molar-refractivity contribution is -0.0415. The van der Waals surface area contributed by atoms with Crippen molar-refractivity contribution in [2.75, 3.05) is 0 Å². The van der Waals surface area contributed by atoms with Gasteiger partial charge in [0, 0.05) is 40.6 Å². The van der Waals surface area contributed by atoms with Crippen molar-refractivity contribution in [1.82, 2.24) is 25.1 Å². The number of amides is 1. The maximum absolute atomic E-state index is 13.4. The SMILES string of the molecule is CC(OC(NC(=O)c1ccccc1)C1(c2cc(-c3cnn(C)c3)nc3ccccc23)CC1)c1cscn1. The zero-order valence-electron chi connectivity index (χ0n) is 20.7. The molecule has 1 amide bonds. The minimum atomic E-state index is -0.551. The van der Waals surface area contributed by atoms with Crippen molar-refractivity contribution in [3.05, 3.63) is 101 Å². The second-order valence-corrected chi connectivity index (χ2v) is 10.3. The fraction of sp³-hybridized carbons (Fsp3) is 0.241. The van der Waals surface area contributed by atoms with Gasteiger partial charge in [-0.3, -0.25) is 9.48 Å². The highest BCUT2D eigenvalue weighted by Gasteiger charge is 2.54. The summed E-state index contributed by atoms with van der Waals surface area (Å²) >= 11 is 1.53. The minimum Gasteiger partial charge on any atom is -0.348 e. The Bertz CT molecular complexity index is 1540. The van der Waals surface area contributed by atoms with E-state index < -0.39 is 11.6 Å². The van der Waals surface area contributed by atoms with E-state index in [4.69, 9.17) is 9.72 Å². The third-order valence-corrected chi connectivity index (χ3v) is 7.65. The number of carbonyl (C=O) groups is 1. The highest BCUT2D eigenvalue weighted by molar-refractivity contribution is 7.07. The first-order chi connectivity index (χ1) is 18.0. The van der Waals surface area contributed by atoms with E-state index in [0.717, 1.165) is 46.3 Å². The van der Waals surface area contributed by atoms with Crippen LogP contribution < -0.4 is 5.32 Å². The van der Waals surface area contributed by atoms with Crippen LogP contribution in [-0.2, 0) is 17.2 Å². The molecule has 0 bridgehead atoms. The van der Waals surface area contributed by atoms with Gasteiger partial charge in [-0.25, -0.2) is 9.97 Å². The van der Waals surface area contributed by atoms with Crippen molar-refractivity contribution >= 4 is 28.1 Å². The highest BCUT2D eigenvalue weighted by atomic mass is 32.1. The van der Waals surface area contributed by atoms with E-state index in [9.17, 15) is 4.79 Å². The van der Waals surface area contributed by atoms with Gasteiger partial charge in [-0.15, -0.1) is 11.3 Å². The summed E-state index contributed by atoms with van der Waals surface area (Å²) in [6.07, 6.45) is 4.74. The Kier molecular flexibility index (Phi) is 6.06. The van der Waals surface area contributed by atoms with E-state index in [2.05, 4.69) is 27.5 Å². The lowest BCUT2D eigenvalue weighted by Gasteiger charge is -2.31. The second-order valence-electron chi connectivity index (χ2n) is 9.54. The molecule has 1 fully saturated rings. The molecule has 0 radical (unpaired) electrons. The molecule has 37 heavy (non-hydrogen) atoms. The molecule has 2 atom stereocenters. The highest BCUT2D eigenvalue weighted by Crippen LogP contribution is 2.54. The van der Waals surface area contributed by atoms with Gasteiger partial charge < -0.3 is 10.1 Å². The first kappa shape index (κ1) is 23.5. The van der Waals surface area contributed by atoms with Gasteiger partial charge in [0.1, 0.15) is 12.3 Å². The van der Waals surface area contributed by atoms with E-state index in [1.807, 2.05) is 80.3 Å². The number of nitrogens with one attached hydrogen (secondary N) is 1. The van der Waals surface area contributed by atoms with Crippen molar-refractivity contribution in [3.63, 3.8) is 0 Å². The van der Waals surface area contributed by atoms with Crippen molar-refractivity contribution in [2.24, 2.45) is 7.05 Å². The van der Waals surface area contributed by atoms with E-state index in [0.29, 0.717) is 5.56 Å². The van der Waals surface area contributed by atoms with Gasteiger partial charge in [-0.1, -0.05) is 36.4 Å². The van der Waals surface area contributed by atoms with Gasteiger partial charge in [0.2, 0.25) is 0 Å². The number of pyridine rings is 1. The molecule has 1 saturated carbocycles. The molecule has 7 nitrogen and oxygen atoms in total. The Morgan fingerprint density at radius 2 is 1.92 bits per heavy atom. The molecule has 6 rings (SSSR count). The first-order valence-corrected chi connectivity index (χ1v) is 13.3. The van der Waals surface area contributed by atoms with Crippen molar-refractivity contribution in [1.29, 1.82) is 0 Å². The van der Waals surface area contributed by atoms with Crippen LogP contribution in [0.2, 0.25) is 0 Å². The average Bonchev–Trinajstić information content (AvgIpc) is 3.31.